The highest BCUT2D eigenvalue weighted by atomic mass is 16.5. The second-order valence-corrected chi connectivity index (χ2v) is 4.53. The van der Waals surface area contributed by atoms with E-state index in [0.717, 1.165) is 0 Å². The van der Waals surface area contributed by atoms with E-state index in [1.807, 2.05) is 5.43 Å². The molecule has 1 aliphatic heterocycles. The van der Waals surface area contributed by atoms with Crippen LogP contribution in [-0.2, 0) is 19.7 Å². The lowest BCUT2D eigenvalue weighted by molar-refractivity contribution is -0.152. The van der Waals surface area contributed by atoms with Gasteiger partial charge in [0, 0.05) is 16.8 Å². The molecule has 1 atom stereocenters. The molecule has 1 heterocycles. The molecule has 1 unspecified atom stereocenters. The monoisotopic (exact) mass is 277 g/mol. The Morgan fingerprint density at radius 1 is 1.45 bits per heavy atom. The van der Waals surface area contributed by atoms with Gasteiger partial charge in [-0.2, -0.15) is 0 Å². The van der Waals surface area contributed by atoms with Crippen molar-refractivity contribution in [1.29, 1.82) is 0 Å². The fourth-order valence-electron chi connectivity index (χ4n) is 2.14. The highest BCUT2D eigenvalue weighted by Crippen LogP contribution is 2.39. The SMILES string of the molecule is CCOC(=O)C1(C)C(=O)Nc2ccc(C(=O)NN)cc21. The molecule has 0 aliphatic carbocycles. The molecule has 0 radical (unpaired) electrons. The molecule has 4 N–H and O–H groups in total. The first-order chi connectivity index (χ1) is 9.44. The van der Waals surface area contributed by atoms with Crippen molar-refractivity contribution in [1.82, 2.24) is 5.43 Å². The average molecular weight is 277 g/mol. The van der Waals surface area contributed by atoms with Gasteiger partial charge in [0.2, 0.25) is 5.91 Å². The van der Waals surface area contributed by atoms with E-state index in [-0.39, 0.29) is 12.2 Å². The van der Waals surface area contributed by atoms with Crippen LogP contribution in [0.1, 0.15) is 29.8 Å². The van der Waals surface area contributed by atoms with Crippen molar-refractivity contribution in [2.24, 2.45) is 5.84 Å². The van der Waals surface area contributed by atoms with Crippen molar-refractivity contribution in [2.75, 3.05) is 11.9 Å². The molecule has 20 heavy (non-hydrogen) atoms. The molecule has 0 aromatic heterocycles. The minimum Gasteiger partial charge on any atom is -0.465 e. The van der Waals surface area contributed by atoms with Crippen molar-refractivity contribution in [3.63, 3.8) is 0 Å². The lowest BCUT2D eigenvalue weighted by atomic mass is 9.83. The van der Waals surface area contributed by atoms with E-state index in [9.17, 15) is 14.4 Å². The number of carbonyl (C=O) groups is 3. The van der Waals surface area contributed by atoms with Crippen LogP contribution in [0.2, 0.25) is 0 Å². The first-order valence-electron chi connectivity index (χ1n) is 6.09. The van der Waals surface area contributed by atoms with Crippen LogP contribution >= 0.6 is 0 Å². The van der Waals surface area contributed by atoms with E-state index < -0.39 is 23.2 Å². The van der Waals surface area contributed by atoms with Crippen molar-refractivity contribution >= 4 is 23.5 Å². The van der Waals surface area contributed by atoms with Gasteiger partial charge in [0.05, 0.1) is 6.61 Å². The Balaban J connectivity index is 2.52. The second-order valence-electron chi connectivity index (χ2n) is 4.53. The summed E-state index contributed by atoms with van der Waals surface area (Å²) in [7, 11) is 0. The number of nitrogens with two attached hydrogens (primary N) is 1. The fourth-order valence-corrected chi connectivity index (χ4v) is 2.14. The number of carbonyl (C=O) groups excluding carboxylic acids is 3. The number of hydrogen-bond acceptors (Lipinski definition) is 5. The maximum Gasteiger partial charge on any atom is 0.326 e. The number of anilines is 1. The van der Waals surface area contributed by atoms with Gasteiger partial charge >= 0.3 is 5.97 Å². The summed E-state index contributed by atoms with van der Waals surface area (Å²) in [6.07, 6.45) is 0. The third-order valence-corrected chi connectivity index (χ3v) is 3.34. The van der Waals surface area contributed by atoms with Crippen LogP contribution in [0.25, 0.3) is 0 Å². The lowest BCUT2D eigenvalue weighted by Gasteiger charge is -2.20. The molecule has 0 saturated heterocycles. The highest BCUT2D eigenvalue weighted by Gasteiger charge is 2.50. The minimum atomic E-state index is -1.46. The average Bonchev–Trinajstić information content (AvgIpc) is 2.70. The molecule has 1 aliphatic rings. The normalized spacial score (nSPS) is 20.1. The Morgan fingerprint density at radius 2 is 2.15 bits per heavy atom. The number of ether oxygens (including phenoxy) is 1. The van der Waals surface area contributed by atoms with Gasteiger partial charge in [-0.3, -0.25) is 19.8 Å². The van der Waals surface area contributed by atoms with Crippen molar-refractivity contribution in [3.05, 3.63) is 29.3 Å². The van der Waals surface area contributed by atoms with Crippen LogP contribution in [-0.4, -0.2) is 24.4 Å². The minimum absolute atomic E-state index is 0.167. The third kappa shape index (κ3) is 1.92. The van der Waals surface area contributed by atoms with Gasteiger partial charge in [-0.15, -0.1) is 0 Å². The Kier molecular flexibility index (Phi) is 3.46. The number of nitrogen functional groups attached to an aromatic ring is 1. The van der Waals surface area contributed by atoms with E-state index in [1.54, 1.807) is 13.0 Å². The van der Waals surface area contributed by atoms with Gasteiger partial charge < -0.3 is 10.1 Å². The first-order valence-corrected chi connectivity index (χ1v) is 6.09. The van der Waals surface area contributed by atoms with Crippen molar-refractivity contribution in [3.8, 4) is 0 Å². The molecule has 7 nitrogen and oxygen atoms in total. The molecular formula is C13H15N3O4. The zero-order valence-corrected chi connectivity index (χ0v) is 11.1. The largest absolute Gasteiger partial charge is 0.465 e. The predicted octanol–water partition coefficient (Wildman–Crippen LogP) is 0.0630. The van der Waals surface area contributed by atoms with Gasteiger partial charge in [0.25, 0.3) is 5.91 Å². The smallest absolute Gasteiger partial charge is 0.326 e. The summed E-state index contributed by atoms with van der Waals surface area (Å²) in [6.45, 7) is 3.30. The summed E-state index contributed by atoms with van der Waals surface area (Å²) in [5, 5.41) is 2.61. The van der Waals surface area contributed by atoms with Gasteiger partial charge in [-0.05, 0) is 32.0 Å². The molecule has 0 saturated carbocycles. The first kappa shape index (κ1) is 14.0. The summed E-state index contributed by atoms with van der Waals surface area (Å²) in [6, 6.07) is 4.53. The number of fused-ring (bicyclic) bond motifs is 1. The number of nitrogens with one attached hydrogen (secondary N) is 2. The number of rotatable bonds is 3. The molecule has 0 fully saturated rings. The van der Waals surface area contributed by atoms with Gasteiger partial charge in [0.1, 0.15) is 0 Å². The summed E-state index contributed by atoms with van der Waals surface area (Å²) in [5.41, 5.74) is 1.70. The molecule has 2 rings (SSSR count). The van der Waals surface area contributed by atoms with Crippen LogP contribution in [0.3, 0.4) is 0 Å². The third-order valence-electron chi connectivity index (χ3n) is 3.34. The number of esters is 1. The highest BCUT2D eigenvalue weighted by molar-refractivity contribution is 6.19. The van der Waals surface area contributed by atoms with Gasteiger partial charge in [-0.25, -0.2) is 5.84 Å². The fraction of sp³-hybridized carbons (Fsp3) is 0.308. The molecular weight excluding hydrogens is 262 g/mol. The van der Waals surface area contributed by atoms with E-state index in [2.05, 4.69) is 5.32 Å². The molecule has 0 bridgehead atoms. The van der Waals surface area contributed by atoms with Crippen LogP contribution in [0.4, 0.5) is 5.69 Å². The van der Waals surface area contributed by atoms with Gasteiger partial charge in [0.15, 0.2) is 5.41 Å². The molecule has 0 spiro atoms. The zero-order valence-electron chi connectivity index (χ0n) is 11.1. The Bertz CT molecular complexity index is 599. The molecule has 2 amide bonds. The van der Waals surface area contributed by atoms with Crippen molar-refractivity contribution < 1.29 is 19.1 Å². The number of hydrazine groups is 1. The predicted molar refractivity (Wildman–Crippen MR) is 70.7 cm³/mol. The molecule has 1 aromatic carbocycles. The van der Waals surface area contributed by atoms with Crippen LogP contribution in [0.5, 0.6) is 0 Å². The molecule has 1 aromatic rings. The zero-order chi connectivity index (χ0) is 14.9. The summed E-state index contributed by atoms with van der Waals surface area (Å²) >= 11 is 0. The topological polar surface area (TPSA) is 111 Å². The maximum absolute atomic E-state index is 12.1. The standard InChI is InChI=1S/C13H15N3O4/c1-3-20-12(19)13(2)8-6-7(10(17)16-14)4-5-9(8)15-11(13)18/h4-6H,3,14H2,1-2H3,(H,15,18)(H,16,17). The number of amides is 2. The summed E-state index contributed by atoms with van der Waals surface area (Å²) < 4.78 is 4.96. The molecule has 106 valence electrons. The van der Waals surface area contributed by atoms with E-state index in [4.69, 9.17) is 10.6 Å². The van der Waals surface area contributed by atoms with Crippen LogP contribution < -0.4 is 16.6 Å². The van der Waals surface area contributed by atoms with E-state index in [0.29, 0.717) is 11.3 Å². The Morgan fingerprint density at radius 3 is 2.75 bits per heavy atom. The lowest BCUT2D eigenvalue weighted by Crippen LogP contribution is -2.41. The van der Waals surface area contributed by atoms with Crippen LogP contribution in [0.15, 0.2) is 18.2 Å². The van der Waals surface area contributed by atoms with Crippen molar-refractivity contribution in [2.45, 2.75) is 19.3 Å². The number of benzene rings is 1. The Hall–Kier alpha value is -2.41. The summed E-state index contributed by atoms with van der Waals surface area (Å²) in [4.78, 5) is 35.7. The Labute approximate surface area is 115 Å². The van der Waals surface area contributed by atoms with E-state index in [1.165, 1.54) is 19.1 Å². The van der Waals surface area contributed by atoms with Gasteiger partial charge in [-0.1, -0.05) is 0 Å². The quantitative estimate of drug-likeness (QED) is 0.238. The second kappa shape index (κ2) is 4.93. The molecule has 7 heteroatoms. The number of hydrogen-bond donors (Lipinski definition) is 3. The summed E-state index contributed by atoms with van der Waals surface area (Å²) in [5.74, 6) is 3.45. The van der Waals surface area contributed by atoms with Crippen LogP contribution in [0, 0.1) is 0 Å². The maximum atomic E-state index is 12.1. The van der Waals surface area contributed by atoms with E-state index >= 15 is 0 Å².